The number of likely N-dealkylation sites (tertiary alicyclic amines) is 1. The van der Waals surface area contributed by atoms with Gasteiger partial charge in [-0.1, -0.05) is 51.1 Å². The Labute approximate surface area is 128 Å². The van der Waals surface area contributed by atoms with Crippen molar-refractivity contribution in [2.45, 2.75) is 52.1 Å². The fourth-order valence-electron chi connectivity index (χ4n) is 3.36. The monoisotopic (exact) mass is 288 g/mol. The van der Waals surface area contributed by atoms with E-state index in [0.29, 0.717) is 24.4 Å². The fraction of sp³-hybridized carbons (Fsp3) is 0.611. The van der Waals surface area contributed by atoms with E-state index < -0.39 is 0 Å². The first kappa shape index (κ1) is 16.0. The van der Waals surface area contributed by atoms with Gasteiger partial charge in [-0.05, 0) is 24.3 Å². The summed E-state index contributed by atoms with van der Waals surface area (Å²) in [5.74, 6) is 0.683. The van der Waals surface area contributed by atoms with Crippen LogP contribution in [0.15, 0.2) is 30.3 Å². The molecule has 1 fully saturated rings. The van der Waals surface area contributed by atoms with Crippen molar-refractivity contribution in [1.29, 1.82) is 0 Å². The first-order valence-electron chi connectivity index (χ1n) is 8.24. The molecule has 2 rings (SSSR count). The minimum atomic E-state index is 0.176. The van der Waals surface area contributed by atoms with Crippen molar-refractivity contribution in [3.8, 4) is 0 Å². The number of benzene rings is 1. The molecule has 116 valence electrons. The average Bonchev–Trinajstić information content (AvgIpc) is 2.51. The van der Waals surface area contributed by atoms with Gasteiger partial charge in [0.25, 0.3) is 0 Å². The highest BCUT2D eigenvalue weighted by Gasteiger charge is 2.30. The lowest BCUT2D eigenvalue weighted by Gasteiger charge is -2.41. The van der Waals surface area contributed by atoms with E-state index >= 15 is 0 Å². The SMILES string of the molecule is CCC(=O)NC1CCN(C(CC)c2ccccc2)CC1C. The highest BCUT2D eigenvalue weighted by Crippen LogP contribution is 2.29. The molecule has 0 bridgehead atoms. The summed E-state index contributed by atoms with van der Waals surface area (Å²) in [4.78, 5) is 14.2. The van der Waals surface area contributed by atoms with Gasteiger partial charge in [0.05, 0.1) is 0 Å². The van der Waals surface area contributed by atoms with Crippen LogP contribution in [0.3, 0.4) is 0 Å². The maximum Gasteiger partial charge on any atom is 0.219 e. The molecule has 1 aromatic rings. The molecular weight excluding hydrogens is 260 g/mol. The summed E-state index contributed by atoms with van der Waals surface area (Å²) < 4.78 is 0. The van der Waals surface area contributed by atoms with Crippen molar-refractivity contribution in [3.05, 3.63) is 35.9 Å². The summed E-state index contributed by atoms with van der Waals surface area (Å²) in [6.07, 6.45) is 2.76. The zero-order chi connectivity index (χ0) is 15.2. The Kier molecular flexibility index (Phi) is 5.80. The Hall–Kier alpha value is -1.35. The van der Waals surface area contributed by atoms with Gasteiger partial charge in [0.15, 0.2) is 0 Å². The number of carbonyl (C=O) groups excluding carboxylic acids is 1. The number of amides is 1. The van der Waals surface area contributed by atoms with Crippen LogP contribution < -0.4 is 5.32 Å². The van der Waals surface area contributed by atoms with Crippen LogP contribution in [0.25, 0.3) is 0 Å². The van der Waals surface area contributed by atoms with Crippen LogP contribution in [0.1, 0.15) is 51.6 Å². The van der Waals surface area contributed by atoms with E-state index in [0.717, 1.165) is 25.9 Å². The van der Waals surface area contributed by atoms with Crippen molar-refractivity contribution in [2.24, 2.45) is 5.92 Å². The zero-order valence-corrected chi connectivity index (χ0v) is 13.5. The van der Waals surface area contributed by atoms with Crippen LogP contribution in [0.2, 0.25) is 0 Å². The number of rotatable bonds is 5. The fourth-order valence-corrected chi connectivity index (χ4v) is 3.36. The summed E-state index contributed by atoms with van der Waals surface area (Å²) in [5.41, 5.74) is 1.41. The largest absolute Gasteiger partial charge is 0.353 e. The Morgan fingerprint density at radius 2 is 2.05 bits per heavy atom. The molecule has 0 saturated carbocycles. The predicted molar refractivity (Wildman–Crippen MR) is 87.0 cm³/mol. The van der Waals surface area contributed by atoms with Crippen LogP contribution in [0.5, 0.6) is 0 Å². The smallest absolute Gasteiger partial charge is 0.219 e. The van der Waals surface area contributed by atoms with Gasteiger partial charge in [0, 0.05) is 31.6 Å². The molecule has 1 aliphatic rings. The summed E-state index contributed by atoms with van der Waals surface area (Å²) in [5, 5.41) is 3.17. The molecule has 0 spiro atoms. The second-order valence-corrected chi connectivity index (χ2v) is 6.12. The number of piperidine rings is 1. The summed E-state index contributed by atoms with van der Waals surface area (Å²) in [7, 11) is 0. The van der Waals surface area contributed by atoms with E-state index in [-0.39, 0.29) is 5.91 Å². The first-order valence-corrected chi connectivity index (χ1v) is 8.24. The van der Waals surface area contributed by atoms with Crippen molar-refractivity contribution < 1.29 is 4.79 Å². The zero-order valence-electron chi connectivity index (χ0n) is 13.5. The van der Waals surface area contributed by atoms with Crippen molar-refractivity contribution in [2.75, 3.05) is 13.1 Å². The average molecular weight is 288 g/mol. The summed E-state index contributed by atoms with van der Waals surface area (Å²) >= 11 is 0. The maximum atomic E-state index is 11.6. The Balaban J connectivity index is 1.99. The third kappa shape index (κ3) is 4.07. The van der Waals surface area contributed by atoms with Crippen molar-refractivity contribution in [1.82, 2.24) is 10.2 Å². The van der Waals surface area contributed by atoms with Crippen LogP contribution >= 0.6 is 0 Å². The van der Waals surface area contributed by atoms with Crippen LogP contribution in [-0.4, -0.2) is 29.9 Å². The third-order valence-corrected chi connectivity index (χ3v) is 4.62. The molecule has 1 aliphatic heterocycles. The van der Waals surface area contributed by atoms with Crippen LogP contribution in [-0.2, 0) is 4.79 Å². The second-order valence-electron chi connectivity index (χ2n) is 6.12. The van der Waals surface area contributed by atoms with Gasteiger partial charge in [-0.25, -0.2) is 0 Å². The number of nitrogens with zero attached hydrogens (tertiary/aromatic N) is 1. The minimum Gasteiger partial charge on any atom is -0.353 e. The normalized spacial score (nSPS) is 24.5. The first-order chi connectivity index (χ1) is 10.2. The molecule has 3 unspecified atom stereocenters. The van der Waals surface area contributed by atoms with Gasteiger partial charge < -0.3 is 5.32 Å². The van der Waals surface area contributed by atoms with Gasteiger partial charge in [0.2, 0.25) is 5.91 Å². The molecule has 3 nitrogen and oxygen atoms in total. The van der Waals surface area contributed by atoms with E-state index in [4.69, 9.17) is 0 Å². The maximum absolute atomic E-state index is 11.6. The van der Waals surface area contributed by atoms with E-state index in [1.807, 2.05) is 6.92 Å². The number of hydrogen-bond acceptors (Lipinski definition) is 2. The molecule has 1 saturated heterocycles. The molecular formula is C18H28N2O. The molecule has 1 heterocycles. The standard InChI is InChI=1S/C18H28N2O/c1-4-17(15-9-7-6-8-10-15)20-12-11-16(14(3)13-20)19-18(21)5-2/h6-10,14,16-17H,4-5,11-13H2,1-3H3,(H,19,21). The molecule has 3 heteroatoms. The number of nitrogens with one attached hydrogen (secondary N) is 1. The summed E-state index contributed by atoms with van der Waals surface area (Å²) in [6.45, 7) is 8.55. The molecule has 1 N–H and O–H groups in total. The van der Waals surface area contributed by atoms with Crippen molar-refractivity contribution in [3.63, 3.8) is 0 Å². The van der Waals surface area contributed by atoms with Gasteiger partial charge >= 0.3 is 0 Å². The van der Waals surface area contributed by atoms with E-state index in [1.54, 1.807) is 0 Å². The van der Waals surface area contributed by atoms with Gasteiger partial charge in [0.1, 0.15) is 0 Å². The highest BCUT2D eigenvalue weighted by molar-refractivity contribution is 5.75. The predicted octanol–water partition coefficient (Wildman–Crippen LogP) is 3.37. The molecule has 0 aliphatic carbocycles. The molecule has 1 aromatic carbocycles. The van der Waals surface area contributed by atoms with Crippen molar-refractivity contribution >= 4 is 5.91 Å². The molecule has 3 atom stereocenters. The lowest BCUT2D eigenvalue weighted by atomic mass is 9.90. The van der Waals surface area contributed by atoms with Gasteiger partial charge in [-0.2, -0.15) is 0 Å². The summed E-state index contributed by atoms with van der Waals surface area (Å²) in [6, 6.07) is 11.6. The van der Waals surface area contributed by atoms with Crippen LogP contribution in [0.4, 0.5) is 0 Å². The molecule has 1 amide bonds. The molecule has 0 radical (unpaired) electrons. The van der Waals surface area contributed by atoms with E-state index in [1.165, 1.54) is 5.56 Å². The van der Waals surface area contributed by atoms with Crippen LogP contribution in [0, 0.1) is 5.92 Å². The van der Waals surface area contributed by atoms with E-state index in [2.05, 4.69) is 54.4 Å². The van der Waals surface area contributed by atoms with Gasteiger partial charge in [-0.3, -0.25) is 9.69 Å². The lowest BCUT2D eigenvalue weighted by molar-refractivity contribution is -0.122. The highest BCUT2D eigenvalue weighted by atomic mass is 16.1. The Morgan fingerprint density at radius 3 is 2.62 bits per heavy atom. The number of carbonyl (C=O) groups is 1. The minimum absolute atomic E-state index is 0.176. The Morgan fingerprint density at radius 1 is 1.33 bits per heavy atom. The lowest BCUT2D eigenvalue weighted by Crippen LogP contribution is -2.50. The van der Waals surface area contributed by atoms with E-state index in [9.17, 15) is 4.79 Å². The second kappa shape index (κ2) is 7.60. The Bertz CT molecular complexity index is 446. The van der Waals surface area contributed by atoms with Gasteiger partial charge in [-0.15, -0.1) is 0 Å². The topological polar surface area (TPSA) is 32.3 Å². The third-order valence-electron chi connectivity index (χ3n) is 4.62. The molecule has 0 aromatic heterocycles. The molecule has 21 heavy (non-hydrogen) atoms. The quantitative estimate of drug-likeness (QED) is 0.901. The number of hydrogen-bond donors (Lipinski definition) is 1.